The summed E-state index contributed by atoms with van der Waals surface area (Å²) in [6.45, 7) is 5.42. The van der Waals surface area contributed by atoms with Gasteiger partial charge in [-0.15, -0.1) is 0 Å². The maximum Gasteiger partial charge on any atom is 0.339 e. The van der Waals surface area contributed by atoms with E-state index in [1.165, 1.54) is 10.5 Å². The van der Waals surface area contributed by atoms with Crippen LogP contribution in [0.3, 0.4) is 0 Å². The number of pyridine rings is 2. The number of hydrogen-bond donors (Lipinski definition) is 0. The first-order valence-corrected chi connectivity index (χ1v) is 10.4. The fourth-order valence-electron chi connectivity index (χ4n) is 3.78. The Labute approximate surface area is 188 Å². The molecule has 0 amide bonds. The molecule has 1 aromatic carbocycles. The molecule has 0 saturated carbocycles. The van der Waals surface area contributed by atoms with Gasteiger partial charge in [-0.3, -0.25) is 9.20 Å². The Bertz CT molecular complexity index is 1580. The summed E-state index contributed by atoms with van der Waals surface area (Å²) in [6.07, 6.45) is 0. The Hall–Kier alpha value is -4.33. The molecule has 4 aromatic heterocycles. The van der Waals surface area contributed by atoms with Gasteiger partial charge < -0.3 is 9.26 Å². The minimum absolute atomic E-state index is 0.146. The molecule has 33 heavy (non-hydrogen) atoms. The van der Waals surface area contributed by atoms with E-state index >= 15 is 0 Å². The van der Waals surface area contributed by atoms with E-state index in [0.717, 1.165) is 16.8 Å². The van der Waals surface area contributed by atoms with E-state index in [1.807, 2.05) is 50.2 Å². The molecular formula is C25H20N4O4. The zero-order chi connectivity index (χ0) is 23.1. The molecule has 0 saturated heterocycles. The minimum atomic E-state index is -0.576. The van der Waals surface area contributed by atoms with E-state index in [0.29, 0.717) is 33.7 Å². The van der Waals surface area contributed by atoms with Crippen molar-refractivity contribution in [1.29, 1.82) is 0 Å². The molecule has 8 nitrogen and oxygen atoms in total. The van der Waals surface area contributed by atoms with Crippen LogP contribution in [-0.4, -0.2) is 25.5 Å². The smallest absolute Gasteiger partial charge is 0.339 e. The predicted octanol–water partition coefficient (Wildman–Crippen LogP) is 4.18. The molecule has 5 rings (SSSR count). The van der Waals surface area contributed by atoms with Gasteiger partial charge in [0.25, 0.3) is 11.3 Å². The monoisotopic (exact) mass is 440 g/mol. The summed E-state index contributed by atoms with van der Waals surface area (Å²) in [5, 5.41) is 4.46. The lowest BCUT2D eigenvalue weighted by molar-refractivity contribution is 0.0470. The van der Waals surface area contributed by atoms with Crippen LogP contribution in [0.25, 0.3) is 28.0 Å². The average molecular weight is 440 g/mol. The van der Waals surface area contributed by atoms with Gasteiger partial charge in [0.2, 0.25) is 0 Å². The van der Waals surface area contributed by atoms with Crippen molar-refractivity contribution in [2.24, 2.45) is 0 Å². The van der Waals surface area contributed by atoms with Gasteiger partial charge in [0.15, 0.2) is 0 Å². The molecule has 8 heteroatoms. The van der Waals surface area contributed by atoms with E-state index in [1.54, 1.807) is 19.1 Å². The van der Waals surface area contributed by atoms with Gasteiger partial charge in [0.05, 0.1) is 28.0 Å². The second kappa shape index (κ2) is 7.98. The number of aromatic nitrogens is 4. The third-order valence-corrected chi connectivity index (χ3v) is 5.47. The average Bonchev–Trinajstić information content (AvgIpc) is 3.18. The summed E-state index contributed by atoms with van der Waals surface area (Å²) < 4.78 is 12.4. The number of ether oxygens (including phenoxy) is 1. The minimum Gasteiger partial charge on any atom is -0.456 e. The summed E-state index contributed by atoms with van der Waals surface area (Å²) in [4.78, 5) is 34.6. The van der Waals surface area contributed by atoms with E-state index in [4.69, 9.17) is 9.26 Å². The first kappa shape index (κ1) is 20.6. The highest BCUT2D eigenvalue weighted by Crippen LogP contribution is 2.28. The first-order chi connectivity index (χ1) is 15.9. The highest BCUT2D eigenvalue weighted by atomic mass is 16.5. The molecule has 0 N–H and O–H groups in total. The van der Waals surface area contributed by atoms with Crippen molar-refractivity contribution < 1.29 is 14.1 Å². The number of nitrogens with zero attached hydrogens (tertiary/aromatic N) is 4. The highest BCUT2D eigenvalue weighted by molar-refractivity contribution is 6.04. The normalized spacial score (nSPS) is 11.2. The van der Waals surface area contributed by atoms with Crippen molar-refractivity contribution in [2.75, 3.05) is 0 Å². The van der Waals surface area contributed by atoms with E-state index in [9.17, 15) is 9.59 Å². The molecule has 0 radical (unpaired) electrons. The highest BCUT2D eigenvalue weighted by Gasteiger charge is 2.21. The van der Waals surface area contributed by atoms with Crippen LogP contribution in [0.2, 0.25) is 0 Å². The number of fused-ring (bicyclic) bond motifs is 2. The van der Waals surface area contributed by atoms with Crippen LogP contribution in [0, 0.1) is 20.8 Å². The number of carbonyl (C=O) groups is 1. The van der Waals surface area contributed by atoms with Crippen molar-refractivity contribution >= 4 is 22.7 Å². The van der Waals surface area contributed by atoms with Crippen LogP contribution in [-0.2, 0) is 11.3 Å². The summed E-state index contributed by atoms with van der Waals surface area (Å²) in [7, 11) is 0. The molecule has 0 fully saturated rings. The SMILES string of the molecule is Cc1ccc(-c2cc(C(=O)OCc3cc(=O)n4c(C)cccc4n3)c3c(C)noc3n2)cc1. The lowest BCUT2D eigenvalue weighted by Crippen LogP contribution is -2.18. The number of hydrogen-bond acceptors (Lipinski definition) is 7. The number of esters is 1. The van der Waals surface area contributed by atoms with Gasteiger partial charge in [-0.25, -0.2) is 14.8 Å². The maximum absolute atomic E-state index is 13.1. The topological polar surface area (TPSA) is 99.6 Å². The predicted molar refractivity (Wildman–Crippen MR) is 122 cm³/mol. The van der Waals surface area contributed by atoms with E-state index in [-0.39, 0.29) is 17.9 Å². The number of carbonyl (C=O) groups excluding carboxylic acids is 1. The van der Waals surface area contributed by atoms with Crippen molar-refractivity contribution in [3.05, 3.63) is 93.2 Å². The van der Waals surface area contributed by atoms with Crippen molar-refractivity contribution in [2.45, 2.75) is 27.4 Å². The Balaban J connectivity index is 1.49. The molecule has 0 spiro atoms. The Kier molecular flexibility index (Phi) is 4.97. The summed E-state index contributed by atoms with van der Waals surface area (Å²) in [5.74, 6) is -0.576. The third kappa shape index (κ3) is 3.76. The molecule has 4 heterocycles. The Morgan fingerprint density at radius 3 is 2.61 bits per heavy atom. The molecule has 0 aliphatic heterocycles. The first-order valence-electron chi connectivity index (χ1n) is 10.4. The quantitative estimate of drug-likeness (QED) is 0.387. The van der Waals surface area contributed by atoms with Crippen molar-refractivity contribution in [1.82, 2.24) is 19.5 Å². The van der Waals surface area contributed by atoms with Gasteiger partial charge in [-0.2, -0.15) is 0 Å². The zero-order valence-electron chi connectivity index (χ0n) is 18.3. The summed E-state index contributed by atoms with van der Waals surface area (Å²) in [5.41, 5.74) is 5.03. The van der Waals surface area contributed by atoms with Crippen molar-refractivity contribution in [3.63, 3.8) is 0 Å². The molecule has 0 unspecified atom stereocenters. The van der Waals surface area contributed by atoms with Crippen LogP contribution in [0.15, 0.2) is 63.9 Å². The van der Waals surface area contributed by atoms with E-state index < -0.39 is 5.97 Å². The molecule has 0 bridgehead atoms. The number of rotatable bonds is 4. The molecule has 5 aromatic rings. The Morgan fingerprint density at radius 2 is 1.82 bits per heavy atom. The fraction of sp³-hybridized carbons (Fsp3) is 0.160. The van der Waals surface area contributed by atoms with Crippen LogP contribution < -0.4 is 5.56 Å². The van der Waals surface area contributed by atoms with Gasteiger partial charge in [0.1, 0.15) is 12.3 Å². The molecular weight excluding hydrogens is 420 g/mol. The van der Waals surface area contributed by atoms with E-state index in [2.05, 4.69) is 15.1 Å². The fourth-order valence-corrected chi connectivity index (χ4v) is 3.78. The van der Waals surface area contributed by atoms with Crippen molar-refractivity contribution in [3.8, 4) is 11.3 Å². The largest absolute Gasteiger partial charge is 0.456 e. The van der Waals surface area contributed by atoms with Crippen LogP contribution in [0.5, 0.6) is 0 Å². The lowest BCUT2D eigenvalue weighted by atomic mass is 10.0. The third-order valence-electron chi connectivity index (χ3n) is 5.47. The van der Waals surface area contributed by atoms with Gasteiger partial charge >= 0.3 is 5.97 Å². The molecule has 164 valence electrons. The van der Waals surface area contributed by atoms with Crippen LogP contribution >= 0.6 is 0 Å². The lowest BCUT2D eigenvalue weighted by Gasteiger charge is -2.09. The maximum atomic E-state index is 13.1. The van der Waals surface area contributed by atoms with Crippen LogP contribution in [0.1, 0.15) is 33.0 Å². The summed E-state index contributed by atoms with van der Waals surface area (Å²) in [6, 6.07) is 16.2. The number of benzene rings is 1. The molecule has 0 aliphatic carbocycles. The second-order valence-electron chi connectivity index (χ2n) is 7.89. The standard InChI is InChI=1S/C25H20N4O4/c1-14-7-9-17(10-8-14)20-12-19(23-16(3)28-33-24(23)27-20)25(31)32-13-18-11-22(30)29-15(2)5-4-6-21(29)26-18/h4-12H,13H2,1-3H3. The Morgan fingerprint density at radius 1 is 1.03 bits per heavy atom. The number of aryl methyl sites for hydroxylation is 3. The van der Waals surface area contributed by atoms with Gasteiger partial charge in [-0.1, -0.05) is 41.1 Å². The molecule has 0 aliphatic rings. The second-order valence-corrected chi connectivity index (χ2v) is 7.89. The van der Waals surface area contributed by atoms with Gasteiger partial charge in [0, 0.05) is 17.3 Å². The van der Waals surface area contributed by atoms with Gasteiger partial charge in [-0.05, 0) is 39.0 Å². The zero-order valence-corrected chi connectivity index (χ0v) is 18.3. The summed E-state index contributed by atoms with van der Waals surface area (Å²) >= 11 is 0. The molecule has 0 atom stereocenters. The van der Waals surface area contributed by atoms with Crippen LogP contribution in [0.4, 0.5) is 0 Å².